The minimum absolute atomic E-state index is 0.212. The molecule has 1 aliphatic rings. The highest BCUT2D eigenvalue weighted by molar-refractivity contribution is 5.88. The largest absolute Gasteiger partial charge is 0.444 e. The van der Waals surface area contributed by atoms with Gasteiger partial charge in [-0.3, -0.25) is 15.0 Å². The third-order valence-corrected chi connectivity index (χ3v) is 5.16. The first-order chi connectivity index (χ1) is 16.3. The lowest BCUT2D eigenvalue weighted by molar-refractivity contribution is -0.525. The van der Waals surface area contributed by atoms with Crippen molar-refractivity contribution in [2.24, 2.45) is 11.8 Å². The van der Waals surface area contributed by atoms with Crippen molar-refractivity contribution in [3.8, 4) is 0 Å². The van der Waals surface area contributed by atoms with Crippen LogP contribution in [0.4, 0.5) is 4.79 Å². The zero-order chi connectivity index (χ0) is 26.6. The third kappa shape index (κ3) is 12.8. The summed E-state index contributed by atoms with van der Waals surface area (Å²) in [6, 6.07) is -0.797. The number of carbonyl (C=O) groups excluding carboxylic acids is 3. The normalized spacial score (nSPS) is 15.2. The highest BCUT2D eigenvalue weighted by Gasteiger charge is 2.31. The number of piperidine rings is 1. The average molecular weight is 499 g/mol. The molecule has 1 saturated heterocycles. The fraction of sp³-hybridized carbons (Fsp3) is 0.773. The first-order valence-electron chi connectivity index (χ1n) is 11.9. The molecule has 0 aromatic carbocycles. The number of carbonyl (C=O) groups is 3. The van der Waals surface area contributed by atoms with Gasteiger partial charge in [0.05, 0.1) is 0 Å². The molecule has 0 unspecified atom stereocenters. The van der Waals surface area contributed by atoms with Gasteiger partial charge in [-0.15, -0.1) is 0 Å². The van der Waals surface area contributed by atoms with E-state index in [-0.39, 0.29) is 30.7 Å². The van der Waals surface area contributed by atoms with E-state index in [4.69, 9.17) is 10.1 Å². The fourth-order valence-electron chi connectivity index (χ4n) is 3.36. The molecule has 0 aromatic rings. The van der Waals surface area contributed by atoms with Crippen molar-refractivity contribution in [2.75, 3.05) is 19.6 Å². The molecule has 3 amide bonds. The minimum Gasteiger partial charge on any atom is -0.444 e. The molecule has 0 bridgehead atoms. The second-order valence-electron chi connectivity index (χ2n) is 9.96. The molecular weight excluding hydrogens is 458 g/mol. The van der Waals surface area contributed by atoms with E-state index >= 15 is 0 Å². The Morgan fingerprint density at radius 1 is 1.23 bits per heavy atom. The van der Waals surface area contributed by atoms with E-state index < -0.39 is 28.7 Å². The maximum absolute atomic E-state index is 12.9. The second-order valence-corrected chi connectivity index (χ2v) is 9.96. The monoisotopic (exact) mass is 498 g/mol. The predicted molar refractivity (Wildman–Crippen MR) is 129 cm³/mol. The molecule has 13 nitrogen and oxygen atoms in total. The lowest BCUT2D eigenvalue weighted by Crippen LogP contribution is -2.50. The lowest BCUT2D eigenvalue weighted by atomic mass is 9.95. The summed E-state index contributed by atoms with van der Waals surface area (Å²) >= 11 is 0. The summed E-state index contributed by atoms with van der Waals surface area (Å²) in [7, 11) is 0. The number of hydrazine groups is 1. The first kappa shape index (κ1) is 29.9. The smallest absolute Gasteiger partial charge is 0.410 e. The van der Waals surface area contributed by atoms with Crippen LogP contribution in [0.2, 0.25) is 0 Å². The van der Waals surface area contributed by atoms with Gasteiger partial charge in [0, 0.05) is 32.1 Å². The Kier molecular flexibility index (Phi) is 12.2. The van der Waals surface area contributed by atoms with Crippen LogP contribution >= 0.6 is 0 Å². The van der Waals surface area contributed by atoms with Gasteiger partial charge in [0.1, 0.15) is 11.6 Å². The quantitative estimate of drug-likeness (QED) is 0.0935. The van der Waals surface area contributed by atoms with Gasteiger partial charge in [0.2, 0.25) is 11.8 Å². The standard InChI is InChI=1S/C22H40N7O6/c1-15(2)8-12-24-19(31)17(7-6-11-25-20(23)27-29(33)34)26-18(30)16-9-13-28(14-10-16)21(32)35-22(3,4)5/h12,15-17H,6-11,13-14H2,1-5H3,(H,24,31)(H,26,30)(H3,23,25,27)/t17-/m0/s1. The molecule has 1 heterocycles. The van der Waals surface area contributed by atoms with Gasteiger partial charge in [-0.1, -0.05) is 19.3 Å². The predicted octanol–water partition coefficient (Wildman–Crippen LogP) is 1.53. The molecule has 0 aromatic heterocycles. The number of nitro groups is 1. The number of nitrogens with zero attached hydrogens (tertiary/aromatic N) is 2. The Morgan fingerprint density at radius 2 is 1.86 bits per heavy atom. The van der Waals surface area contributed by atoms with Crippen molar-refractivity contribution < 1.29 is 24.2 Å². The topological polar surface area (TPSA) is 179 Å². The molecule has 199 valence electrons. The van der Waals surface area contributed by atoms with Gasteiger partial charge in [-0.05, 0) is 58.8 Å². The Balaban J connectivity index is 2.61. The Labute approximate surface area is 206 Å². The van der Waals surface area contributed by atoms with E-state index in [2.05, 4.69) is 16.0 Å². The van der Waals surface area contributed by atoms with Crippen LogP contribution in [0, 0.1) is 33.9 Å². The summed E-state index contributed by atoms with van der Waals surface area (Å²) in [5, 5.41) is 25.0. The summed E-state index contributed by atoms with van der Waals surface area (Å²) in [5.74, 6) is -1.03. The zero-order valence-corrected chi connectivity index (χ0v) is 21.3. The summed E-state index contributed by atoms with van der Waals surface area (Å²) in [5.41, 5.74) is 1.10. The summed E-state index contributed by atoms with van der Waals surface area (Å²) in [4.78, 5) is 49.8. The van der Waals surface area contributed by atoms with Crippen molar-refractivity contribution in [3.05, 3.63) is 16.7 Å². The van der Waals surface area contributed by atoms with E-state index in [1.54, 1.807) is 37.6 Å². The number of guanidine groups is 1. The van der Waals surface area contributed by atoms with Crippen LogP contribution in [-0.2, 0) is 14.3 Å². The maximum Gasteiger partial charge on any atom is 0.410 e. The molecule has 1 rings (SSSR count). The van der Waals surface area contributed by atoms with E-state index in [1.165, 1.54) is 0 Å². The van der Waals surface area contributed by atoms with Gasteiger partial charge >= 0.3 is 6.09 Å². The summed E-state index contributed by atoms with van der Waals surface area (Å²) < 4.78 is 5.38. The summed E-state index contributed by atoms with van der Waals surface area (Å²) in [6.07, 6.45) is 1.87. The maximum atomic E-state index is 12.9. The first-order valence-corrected chi connectivity index (χ1v) is 11.9. The fourth-order valence-corrected chi connectivity index (χ4v) is 3.36. The van der Waals surface area contributed by atoms with Crippen LogP contribution in [0.15, 0.2) is 0 Å². The zero-order valence-electron chi connectivity index (χ0n) is 21.3. The average Bonchev–Trinajstić information content (AvgIpc) is 2.73. The third-order valence-electron chi connectivity index (χ3n) is 5.16. The number of hydrogen-bond donors (Lipinski definition) is 5. The number of ether oxygens (including phenoxy) is 1. The van der Waals surface area contributed by atoms with Gasteiger partial charge in [-0.2, -0.15) is 0 Å². The van der Waals surface area contributed by atoms with Crippen molar-refractivity contribution in [3.63, 3.8) is 0 Å². The summed E-state index contributed by atoms with van der Waals surface area (Å²) in [6.45, 7) is 12.1. The molecule has 1 atom stereocenters. The molecule has 13 heteroatoms. The van der Waals surface area contributed by atoms with Gasteiger partial charge in [-0.25, -0.2) is 14.9 Å². The molecule has 1 fully saturated rings. The van der Waals surface area contributed by atoms with Crippen molar-refractivity contribution in [1.82, 2.24) is 26.3 Å². The van der Waals surface area contributed by atoms with Crippen LogP contribution in [0.5, 0.6) is 0 Å². The Hall–Kier alpha value is -3.12. The minimum atomic E-state index is -0.843. The SMILES string of the molecule is CC(C)C[CH]NC(=O)[C@H](CCCNC(=N)N[N+](=O)[O-])NC(=O)C1CCN(C(=O)OC(C)(C)C)CC1. The van der Waals surface area contributed by atoms with Crippen LogP contribution < -0.4 is 21.4 Å². The lowest BCUT2D eigenvalue weighted by Gasteiger charge is -2.33. The van der Waals surface area contributed by atoms with Crippen molar-refractivity contribution in [1.29, 1.82) is 5.41 Å². The molecule has 35 heavy (non-hydrogen) atoms. The number of hydrogen-bond acceptors (Lipinski definition) is 7. The second kappa shape index (κ2) is 14.3. The van der Waals surface area contributed by atoms with Crippen LogP contribution in [0.1, 0.15) is 66.7 Å². The molecule has 1 aliphatic heterocycles. The number of likely N-dealkylation sites (tertiary alicyclic amines) is 1. The number of rotatable bonds is 11. The molecule has 1 radical (unpaired) electrons. The van der Waals surface area contributed by atoms with Crippen LogP contribution in [0.25, 0.3) is 0 Å². The molecule has 0 aliphatic carbocycles. The Morgan fingerprint density at radius 3 is 2.40 bits per heavy atom. The van der Waals surface area contributed by atoms with Gasteiger partial charge in [0.15, 0.2) is 5.03 Å². The Bertz CT molecular complexity index is 745. The highest BCUT2D eigenvalue weighted by atomic mass is 16.7. The number of amides is 3. The van der Waals surface area contributed by atoms with Crippen LogP contribution in [0.3, 0.4) is 0 Å². The molecule has 5 N–H and O–H groups in total. The van der Waals surface area contributed by atoms with E-state index in [0.29, 0.717) is 44.7 Å². The molecular formula is C22H40N7O6. The molecule has 0 spiro atoms. The molecule has 0 saturated carbocycles. The van der Waals surface area contributed by atoms with E-state index in [1.807, 2.05) is 13.8 Å². The van der Waals surface area contributed by atoms with Gasteiger partial charge in [0.25, 0.3) is 5.96 Å². The van der Waals surface area contributed by atoms with E-state index in [0.717, 1.165) is 0 Å². The van der Waals surface area contributed by atoms with Crippen molar-refractivity contribution >= 4 is 23.9 Å². The van der Waals surface area contributed by atoms with Crippen molar-refractivity contribution in [2.45, 2.75) is 78.4 Å². The van der Waals surface area contributed by atoms with Gasteiger partial charge < -0.3 is 25.6 Å². The van der Waals surface area contributed by atoms with E-state index in [9.17, 15) is 24.5 Å². The highest BCUT2D eigenvalue weighted by Crippen LogP contribution is 2.20. The number of nitrogens with one attached hydrogen (secondary N) is 5. The van der Waals surface area contributed by atoms with Crippen LogP contribution in [-0.4, -0.2) is 65.1 Å².